The minimum absolute atomic E-state index is 0.111. The first-order chi connectivity index (χ1) is 9.11. The standard InChI is InChI=1S/C15H14BrNO2/c1-2-19-12-5-3-4-10(8-12)15(18)13-9-11(16)6-7-14(13)17/h3-9H,2,17H2,1H3. The zero-order valence-corrected chi connectivity index (χ0v) is 12.1. The lowest BCUT2D eigenvalue weighted by Crippen LogP contribution is -2.05. The van der Waals surface area contributed by atoms with Crippen LogP contribution in [0.2, 0.25) is 0 Å². The Morgan fingerprint density at radius 2 is 2.05 bits per heavy atom. The van der Waals surface area contributed by atoms with E-state index in [-0.39, 0.29) is 5.78 Å². The van der Waals surface area contributed by atoms with Crippen molar-refractivity contribution in [3.63, 3.8) is 0 Å². The average Bonchev–Trinajstić information content (AvgIpc) is 2.41. The molecule has 0 aliphatic heterocycles. The van der Waals surface area contributed by atoms with Crippen molar-refractivity contribution >= 4 is 27.4 Å². The number of ketones is 1. The van der Waals surface area contributed by atoms with Gasteiger partial charge in [-0.1, -0.05) is 28.1 Å². The van der Waals surface area contributed by atoms with Crippen molar-refractivity contribution in [3.8, 4) is 5.75 Å². The predicted octanol–water partition coefficient (Wildman–Crippen LogP) is 3.66. The molecule has 2 aromatic rings. The van der Waals surface area contributed by atoms with E-state index in [1.54, 1.807) is 30.3 Å². The van der Waals surface area contributed by atoms with Crippen LogP contribution in [0.1, 0.15) is 22.8 Å². The SMILES string of the molecule is CCOc1cccc(C(=O)c2cc(Br)ccc2N)c1. The highest BCUT2D eigenvalue weighted by Gasteiger charge is 2.13. The Labute approximate surface area is 120 Å². The fourth-order valence-corrected chi connectivity index (χ4v) is 2.14. The molecule has 0 radical (unpaired) electrons. The maximum atomic E-state index is 12.4. The molecule has 0 aliphatic rings. The van der Waals surface area contributed by atoms with Crippen molar-refractivity contribution in [1.29, 1.82) is 0 Å². The lowest BCUT2D eigenvalue weighted by molar-refractivity contribution is 0.103. The third-order valence-electron chi connectivity index (χ3n) is 2.67. The summed E-state index contributed by atoms with van der Waals surface area (Å²) in [6.45, 7) is 2.47. The van der Waals surface area contributed by atoms with Crippen molar-refractivity contribution in [3.05, 3.63) is 58.1 Å². The molecule has 98 valence electrons. The van der Waals surface area contributed by atoms with E-state index in [0.717, 1.165) is 4.47 Å². The summed E-state index contributed by atoms with van der Waals surface area (Å²) in [7, 11) is 0. The number of nitrogen functional groups attached to an aromatic ring is 1. The maximum Gasteiger partial charge on any atom is 0.195 e. The number of ether oxygens (including phenoxy) is 1. The number of hydrogen-bond donors (Lipinski definition) is 1. The highest BCUT2D eigenvalue weighted by Crippen LogP contribution is 2.23. The van der Waals surface area contributed by atoms with Gasteiger partial charge in [0, 0.05) is 21.3 Å². The molecule has 0 unspecified atom stereocenters. The van der Waals surface area contributed by atoms with E-state index in [9.17, 15) is 4.79 Å². The fraction of sp³-hybridized carbons (Fsp3) is 0.133. The Kier molecular flexibility index (Phi) is 4.22. The number of carbonyl (C=O) groups is 1. The molecule has 0 aromatic heterocycles. The van der Waals surface area contributed by atoms with Crippen molar-refractivity contribution < 1.29 is 9.53 Å². The summed E-state index contributed by atoms with van der Waals surface area (Å²) in [4.78, 5) is 12.4. The fourth-order valence-electron chi connectivity index (χ4n) is 1.77. The van der Waals surface area contributed by atoms with Gasteiger partial charge in [0.2, 0.25) is 0 Å². The van der Waals surface area contributed by atoms with Gasteiger partial charge in [0.05, 0.1) is 6.61 Å². The highest BCUT2D eigenvalue weighted by atomic mass is 79.9. The molecule has 2 aromatic carbocycles. The third kappa shape index (κ3) is 3.15. The lowest BCUT2D eigenvalue weighted by Gasteiger charge is -2.08. The minimum Gasteiger partial charge on any atom is -0.494 e. The van der Waals surface area contributed by atoms with Crippen LogP contribution < -0.4 is 10.5 Å². The normalized spacial score (nSPS) is 10.2. The second kappa shape index (κ2) is 5.89. The molecule has 0 saturated carbocycles. The molecule has 0 atom stereocenters. The third-order valence-corrected chi connectivity index (χ3v) is 3.16. The quantitative estimate of drug-likeness (QED) is 0.691. The van der Waals surface area contributed by atoms with Gasteiger partial charge >= 0.3 is 0 Å². The summed E-state index contributed by atoms with van der Waals surface area (Å²) >= 11 is 3.34. The van der Waals surface area contributed by atoms with Gasteiger partial charge in [-0.05, 0) is 37.3 Å². The molecule has 2 N–H and O–H groups in total. The molecule has 0 fully saturated rings. The molecule has 0 bridgehead atoms. The van der Waals surface area contributed by atoms with Crippen molar-refractivity contribution in [2.45, 2.75) is 6.92 Å². The van der Waals surface area contributed by atoms with E-state index in [4.69, 9.17) is 10.5 Å². The van der Waals surface area contributed by atoms with Gasteiger partial charge in [0.25, 0.3) is 0 Å². The van der Waals surface area contributed by atoms with Crippen LogP contribution in [-0.4, -0.2) is 12.4 Å². The van der Waals surface area contributed by atoms with Gasteiger partial charge < -0.3 is 10.5 Å². The van der Waals surface area contributed by atoms with Crippen molar-refractivity contribution in [1.82, 2.24) is 0 Å². The molecule has 2 rings (SSSR count). The summed E-state index contributed by atoms with van der Waals surface area (Å²) in [6, 6.07) is 12.4. The van der Waals surface area contributed by atoms with Crippen LogP contribution in [-0.2, 0) is 0 Å². The number of hydrogen-bond acceptors (Lipinski definition) is 3. The Bertz CT molecular complexity index is 611. The zero-order valence-electron chi connectivity index (χ0n) is 10.5. The van der Waals surface area contributed by atoms with Crippen molar-refractivity contribution in [2.75, 3.05) is 12.3 Å². The van der Waals surface area contributed by atoms with Crippen LogP contribution in [0.5, 0.6) is 5.75 Å². The summed E-state index contributed by atoms with van der Waals surface area (Å²) < 4.78 is 6.22. The van der Waals surface area contributed by atoms with Crippen molar-refractivity contribution in [2.24, 2.45) is 0 Å². The first kappa shape index (κ1) is 13.6. The first-order valence-corrected chi connectivity index (χ1v) is 6.73. The van der Waals surface area contributed by atoms with Crippen LogP contribution in [0.4, 0.5) is 5.69 Å². The summed E-state index contributed by atoms with van der Waals surface area (Å²) in [6.07, 6.45) is 0. The van der Waals surface area contributed by atoms with Gasteiger partial charge in [0.1, 0.15) is 5.75 Å². The first-order valence-electron chi connectivity index (χ1n) is 5.94. The van der Waals surface area contributed by atoms with E-state index in [0.29, 0.717) is 29.2 Å². The number of benzene rings is 2. The number of rotatable bonds is 4. The Morgan fingerprint density at radius 1 is 1.26 bits per heavy atom. The van der Waals surface area contributed by atoms with Crippen LogP contribution in [0, 0.1) is 0 Å². The smallest absolute Gasteiger partial charge is 0.195 e. The molecule has 3 nitrogen and oxygen atoms in total. The average molecular weight is 320 g/mol. The van der Waals surface area contributed by atoms with Gasteiger partial charge in [-0.25, -0.2) is 0 Å². The van der Waals surface area contributed by atoms with E-state index in [1.807, 2.05) is 19.1 Å². The largest absolute Gasteiger partial charge is 0.494 e. The van der Waals surface area contributed by atoms with Gasteiger partial charge in [-0.2, -0.15) is 0 Å². The molecule has 4 heteroatoms. The highest BCUT2D eigenvalue weighted by molar-refractivity contribution is 9.10. The van der Waals surface area contributed by atoms with E-state index in [1.165, 1.54) is 0 Å². The van der Waals surface area contributed by atoms with Gasteiger partial charge in [0.15, 0.2) is 5.78 Å². The number of nitrogens with two attached hydrogens (primary N) is 1. The molecule has 0 amide bonds. The number of carbonyl (C=O) groups excluding carboxylic acids is 1. The Morgan fingerprint density at radius 3 is 2.79 bits per heavy atom. The molecule has 0 heterocycles. The Hall–Kier alpha value is -1.81. The summed E-state index contributed by atoms with van der Waals surface area (Å²) in [5.74, 6) is 0.572. The summed E-state index contributed by atoms with van der Waals surface area (Å²) in [5.41, 5.74) is 7.37. The zero-order chi connectivity index (χ0) is 13.8. The molecule has 0 spiro atoms. The second-order valence-corrected chi connectivity index (χ2v) is 4.94. The molecule has 19 heavy (non-hydrogen) atoms. The Balaban J connectivity index is 2.38. The molecular weight excluding hydrogens is 306 g/mol. The van der Waals surface area contributed by atoms with Crippen LogP contribution in [0.3, 0.4) is 0 Å². The molecule has 0 saturated heterocycles. The summed E-state index contributed by atoms with van der Waals surface area (Å²) in [5, 5.41) is 0. The maximum absolute atomic E-state index is 12.4. The lowest BCUT2D eigenvalue weighted by atomic mass is 10.0. The van der Waals surface area contributed by atoms with E-state index in [2.05, 4.69) is 15.9 Å². The topological polar surface area (TPSA) is 52.3 Å². The van der Waals surface area contributed by atoms with Crippen LogP contribution in [0.15, 0.2) is 46.9 Å². The minimum atomic E-state index is -0.111. The van der Waals surface area contributed by atoms with Gasteiger partial charge in [-0.15, -0.1) is 0 Å². The second-order valence-electron chi connectivity index (χ2n) is 4.02. The van der Waals surface area contributed by atoms with Crippen LogP contribution in [0.25, 0.3) is 0 Å². The monoisotopic (exact) mass is 319 g/mol. The number of halogens is 1. The predicted molar refractivity (Wildman–Crippen MR) is 79.6 cm³/mol. The number of anilines is 1. The molecule has 0 aliphatic carbocycles. The van der Waals surface area contributed by atoms with E-state index < -0.39 is 0 Å². The molecular formula is C15H14BrNO2. The van der Waals surface area contributed by atoms with E-state index >= 15 is 0 Å². The van der Waals surface area contributed by atoms with Crippen LogP contribution >= 0.6 is 15.9 Å². The van der Waals surface area contributed by atoms with Gasteiger partial charge in [-0.3, -0.25) is 4.79 Å².